The molecule has 1 aromatic heterocycles. The molecule has 1 aromatic carbocycles. The number of rotatable bonds is 4. The number of anilines is 1. The third-order valence-corrected chi connectivity index (χ3v) is 6.25. The number of hydrogen-bond donors (Lipinski definition) is 3. The zero-order valence-electron chi connectivity index (χ0n) is 17.1. The fourth-order valence-corrected chi connectivity index (χ4v) is 4.19. The molecule has 160 valence electrons. The molecular formula is C21H25ClN4O3S. The molecule has 0 radical (unpaired) electrons. The second kappa shape index (κ2) is 7.81. The Bertz CT molecular complexity index is 966. The predicted octanol–water partition coefficient (Wildman–Crippen LogP) is 4.78. The number of halogens is 1. The second-order valence-electron chi connectivity index (χ2n) is 8.80. The first-order valence-corrected chi connectivity index (χ1v) is 10.9. The molecule has 1 aliphatic heterocycles. The molecule has 1 saturated heterocycles. The molecule has 2 atom stereocenters. The summed E-state index contributed by atoms with van der Waals surface area (Å²) in [6.07, 6.45) is 1.79. The van der Waals surface area contributed by atoms with Crippen LogP contribution in [-0.4, -0.2) is 44.6 Å². The zero-order chi connectivity index (χ0) is 21.6. The Morgan fingerprint density at radius 2 is 1.93 bits per heavy atom. The summed E-state index contributed by atoms with van der Waals surface area (Å²) in [6.45, 7) is 6.06. The normalized spacial score (nSPS) is 21.2. The van der Waals surface area contributed by atoms with Crippen molar-refractivity contribution in [3.63, 3.8) is 0 Å². The molecule has 2 unspecified atom stereocenters. The molecule has 2 heterocycles. The van der Waals surface area contributed by atoms with Crippen molar-refractivity contribution in [2.24, 2.45) is 0 Å². The molecule has 2 aromatic rings. The molecule has 7 nitrogen and oxygen atoms in total. The molecule has 0 bridgehead atoms. The molecule has 2 fully saturated rings. The standard InChI is InChI=1S/C21H25ClN4O3S/c1-21(2,3)29-20(28)26-10-14(19(26)30)11-6-8-13(9-7-11)23-18(27)17-15(22)16(24-25-17)12-4-5-12/h6-9,12,14,19,30H,4-5,10H2,1-3H3,(H,23,27)(H,24,25). The molecule has 30 heavy (non-hydrogen) atoms. The van der Waals surface area contributed by atoms with Gasteiger partial charge in [0.05, 0.1) is 16.1 Å². The minimum atomic E-state index is -0.536. The fraction of sp³-hybridized carbons (Fsp3) is 0.476. The maximum Gasteiger partial charge on any atom is 0.411 e. The van der Waals surface area contributed by atoms with Crippen molar-refractivity contribution in [2.75, 3.05) is 11.9 Å². The summed E-state index contributed by atoms with van der Waals surface area (Å²) in [5, 5.41) is 9.94. The van der Waals surface area contributed by atoms with Crippen molar-refractivity contribution in [3.8, 4) is 0 Å². The molecule has 1 saturated carbocycles. The van der Waals surface area contributed by atoms with Crippen molar-refractivity contribution in [1.82, 2.24) is 15.1 Å². The smallest absolute Gasteiger partial charge is 0.411 e. The summed E-state index contributed by atoms with van der Waals surface area (Å²) in [5.74, 6) is 0.151. The summed E-state index contributed by atoms with van der Waals surface area (Å²) in [5.41, 5.74) is 2.21. The summed E-state index contributed by atoms with van der Waals surface area (Å²) >= 11 is 10.9. The largest absolute Gasteiger partial charge is 0.444 e. The second-order valence-corrected chi connectivity index (χ2v) is 9.71. The Morgan fingerprint density at radius 1 is 1.27 bits per heavy atom. The maximum atomic E-state index is 12.5. The number of aromatic nitrogens is 2. The van der Waals surface area contributed by atoms with Crippen LogP contribution in [0.5, 0.6) is 0 Å². The number of thiol groups is 1. The van der Waals surface area contributed by atoms with Gasteiger partial charge in [0, 0.05) is 24.1 Å². The molecule has 9 heteroatoms. The molecule has 0 spiro atoms. The number of hydrogen-bond acceptors (Lipinski definition) is 5. The van der Waals surface area contributed by atoms with Crippen molar-refractivity contribution in [3.05, 3.63) is 46.2 Å². The first-order chi connectivity index (χ1) is 14.1. The van der Waals surface area contributed by atoms with Crippen LogP contribution < -0.4 is 5.32 Å². The van der Waals surface area contributed by atoms with Crippen LogP contribution in [0, 0.1) is 0 Å². The summed E-state index contributed by atoms with van der Waals surface area (Å²) < 4.78 is 5.40. The van der Waals surface area contributed by atoms with E-state index < -0.39 is 5.60 Å². The number of nitrogens with one attached hydrogen (secondary N) is 2. The van der Waals surface area contributed by atoms with Gasteiger partial charge in [0.1, 0.15) is 5.60 Å². The van der Waals surface area contributed by atoms with E-state index in [4.69, 9.17) is 16.3 Å². The van der Waals surface area contributed by atoms with Crippen LogP contribution >= 0.6 is 24.2 Å². The lowest BCUT2D eigenvalue weighted by molar-refractivity contribution is 0.00300. The van der Waals surface area contributed by atoms with Gasteiger partial charge in [0.15, 0.2) is 5.69 Å². The van der Waals surface area contributed by atoms with E-state index in [1.807, 2.05) is 45.0 Å². The van der Waals surface area contributed by atoms with E-state index in [0.717, 1.165) is 24.1 Å². The van der Waals surface area contributed by atoms with Crippen LogP contribution in [0.2, 0.25) is 5.02 Å². The quantitative estimate of drug-likeness (QED) is 0.587. The van der Waals surface area contributed by atoms with Crippen LogP contribution in [0.4, 0.5) is 10.5 Å². The van der Waals surface area contributed by atoms with Crippen molar-refractivity contribution in [1.29, 1.82) is 0 Å². The van der Waals surface area contributed by atoms with E-state index in [1.165, 1.54) is 0 Å². The number of nitrogens with zero attached hydrogens (tertiary/aromatic N) is 2. The van der Waals surface area contributed by atoms with Gasteiger partial charge in [-0.15, -0.1) is 0 Å². The highest BCUT2D eigenvalue weighted by molar-refractivity contribution is 7.81. The first kappa shape index (κ1) is 21.1. The number of ether oxygens (including phenoxy) is 1. The van der Waals surface area contributed by atoms with E-state index in [-0.39, 0.29) is 29.0 Å². The maximum absolute atomic E-state index is 12.5. The predicted molar refractivity (Wildman–Crippen MR) is 118 cm³/mol. The van der Waals surface area contributed by atoms with Crippen molar-refractivity contribution in [2.45, 2.75) is 56.4 Å². The van der Waals surface area contributed by atoms with Crippen LogP contribution in [-0.2, 0) is 4.74 Å². The number of carbonyl (C=O) groups is 2. The van der Waals surface area contributed by atoms with Crippen molar-refractivity contribution < 1.29 is 14.3 Å². The third-order valence-electron chi connectivity index (χ3n) is 5.23. The molecule has 2 aliphatic rings. The SMILES string of the molecule is CC(C)(C)OC(=O)N1CC(c2ccc(NC(=O)c3n[nH]c(C4CC4)c3Cl)cc2)C1S. The molecule has 1 aliphatic carbocycles. The average molecular weight is 449 g/mol. The van der Waals surface area contributed by atoms with E-state index >= 15 is 0 Å². The van der Waals surface area contributed by atoms with Gasteiger partial charge in [-0.3, -0.25) is 14.8 Å². The highest BCUT2D eigenvalue weighted by Crippen LogP contribution is 2.43. The van der Waals surface area contributed by atoms with Gasteiger partial charge in [-0.05, 0) is 51.3 Å². The highest BCUT2D eigenvalue weighted by Gasteiger charge is 2.42. The summed E-state index contributed by atoms with van der Waals surface area (Å²) in [7, 11) is 0. The van der Waals surface area contributed by atoms with Gasteiger partial charge in [-0.2, -0.15) is 17.7 Å². The lowest BCUT2D eigenvalue weighted by Gasteiger charge is -2.45. The van der Waals surface area contributed by atoms with Crippen LogP contribution in [0.3, 0.4) is 0 Å². The van der Waals surface area contributed by atoms with Gasteiger partial charge in [0.25, 0.3) is 5.91 Å². The van der Waals surface area contributed by atoms with Crippen LogP contribution in [0.25, 0.3) is 0 Å². The highest BCUT2D eigenvalue weighted by atomic mass is 35.5. The summed E-state index contributed by atoms with van der Waals surface area (Å²) in [4.78, 5) is 26.3. The average Bonchev–Trinajstić information content (AvgIpc) is 3.42. The minimum Gasteiger partial charge on any atom is -0.444 e. The van der Waals surface area contributed by atoms with E-state index in [1.54, 1.807) is 4.90 Å². The van der Waals surface area contributed by atoms with Crippen LogP contribution in [0.1, 0.15) is 67.2 Å². The molecule has 2 amide bonds. The van der Waals surface area contributed by atoms with Gasteiger partial charge < -0.3 is 10.1 Å². The molecular weight excluding hydrogens is 424 g/mol. The van der Waals surface area contributed by atoms with Gasteiger partial charge in [-0.1, -0.05) is 23.7 Å². The van der Waals surface area contributed by atoms with Gasteiger partial charge >= 0.3 is 6.09 Å². The third kappa shape index (κ3) is 4.30. The first-order valence-electron chi connectivity index (χ1n) is 9.97. The van der Waals surface area contributed by atoms with Gasteiger partial charge in [-0.25, -0.2) is 4.79 Å². The Morgan fingerprint density at radius 3 is 2.50 bits per heavy atom. The monoisotopic (exact) mass is 448 g/mol. The summed E-state index contributed by atoms with van der Waals surface area (Å²) in [6, 6.07) is 7.51. The lowest BCUT2D eigenvalue weighted by atomic mass is 9.91. The molecule has 4 rings (SSSR count). The number of amides is 2. The Hall–Kier alpha value is -2.19. The minimum absolute atomic E-state index is 0.104. The van der Waals surface area contributed by atoms with E-state index in [9.17, 15) is 9.59 Å². The van der Waals surface area contributed by atoms with E-state index in [0.29, 0.717) is 23.2 Å². The topological polar surface area (TPSA) is 87.3 Å². The Labute approximate surface area is 185 Å². The number of aromatic amines is 1. The van der Waals surface area contributed by atoms with E-state index in [2.05, 4.69) is 28.1 Å². The van der Waals surface area contributed by atoms with Gasteiger partial charge in [0.2, 0.25) is 0 Å². The Balaban J connectivity index is 1.36. The lowest BCUT2D eigenvalue weighted by Crippen LogP contribution is -2.55. The number of carbonyl (C=O) groups excluding carboxylic acids is 2. The zero-order valence-corrected chi connectivity index (χ0v) is 18.8. The van der Waals surface area contributed by atoms with Crippen LogP contribution in [0.15, 0.2) is 24.3 Å². The Kier molecular flexibility index (Phi) is 5.48. The number of benzene rings is 1. The number of H-pyrrole nitrogens is 1. The van der Waals surface area contributed by atoms with Crippen molar-refractivity contribution >= 4 is 41.9 Å². The molecule has 2 N–H and O–H groups in total. The fourth-order valence-electron chi connectivity index (χ4n) is 3.41. The number of likely N-dealkylation sites (tertiary alicyclic amines) is 1.